The van der Waals surface area contributed by atoms with Gasteiger partial charge >= 0.3 is 0 Å². The smallest absolute Gasteiger partial charge is 0.0396 e. The van der Waals surface area contributed by atoms with Crippen molar-refractivity contribution in [3.05, 3.63) is 29.8 Å². The molecule has 102 valence electrons. The predicted octanol–water partition coefficient (Wildman–Crippen LogP) is 3.60. The van der Waals surface area contributed by atoms with E-state index < -0.39 is 0 Å². The monoisotopic (exact) mass is 248 g/mol. The van der Waals surface area contributed by atoms with Crippen LogP contribution in [0.1, 0.15) is 39.2 Å². The molecular weight excluding hydrogens is 220 g/mol. The van der Waals surface area contributed by atoms with Gasteiger partial charge in [0.25, 0.3) is 0 Å². The molecule has 1 atom stereocenters. The van der Waals surface area contributed by atoms with Gasteiger partial charge in [0.1, 0.15) is 0 Å². The number of nitrogens with zero attached hydrogens (tertiary/aromatic N) is 1. The Morgan fingerprint density at radius 1 is 1.17 bits per heavy atom. The van der Waals surface area contributed by atoms with Gasteiger partial charge < -0.3 is 10.2 Å². The Labute approximate surface area is 112 Å². The number of rotatable bonds is 8. The molecule has 2 nitrogen and oxygen atoms in total. The van der Waals surface area contributed by atoms with Crippen LogP contribution in [0, 0.1) is 6.92 Å². The summed E-state index contributed by atoms with van der Waals surface area (Å²) in [6.45, 7) is 12.2. The first-order valence-electron chi connectivity index (χ1n) is 7.26. The summed E-state index contributed by atoms with van der Waals surface area (Å²) < 4.78 is 0. The van der Waals surface area contributed by atoms with Crippen molar-refractivity contribution in [3.8, 4) is 0 Å². The Kier molecular flexibility index (Phi) is 6.81. The third-order valence-corrected chi connectivity index (χ3v) is 3.45. The van der Waals surface area contributed by atoms with E-state index in [4.69, 9.17) is 0 Å². The van der Waals surface area contributed by atoms with Crippen LogP contribution in [0.2, 0.25) is 0 Å². The largest absolute Gasteiger partial charge is 0.370 e. The summed E-state index contributed by atoms with van der Waals surface area (Å²) in [5.74, 6) is 0. The molecule has 1 unspecified atom stereocenters. The molecular formula is C16H28N2. The van der Waals surface area contributed by atoms with E-state index in [9.17, 15) is 0 Å². The highest BCUT2D eigenvalue weighted by Crippen LogP contribution is 2.19. The van der Waals surface area contributed by atoms with E-state index in [2.05, 4.69) is 62.2 Å². The zero-order valence-corrected chi connectivity index (χ0v) is 12.4. The summed E-state index contributed by atoms with van der Waals surface area (Å²) in [5.41, 5.74) is 2.74. The number of hydrogen-bond acceptors (Lipinski definition) is 2. The van der Waals surface area contributed by atoms with Crippen LogP contribution in [0.5, 0.6) is 0 Å². The topological polar surface area (TPSA) is 15.3 Å². The van der Waals surface area contributed by atoms with Crippen molar-refractivity contribution >= 4 is 5.69 Å². The minimum atomic E-state index is 0.588. The molecule has 0 aliphatic carbocycles. The molecule has 0 spiro atoms. The van der Waals surface area contributed by atoms with Crippen LogP contribution >= 0.6 is 0 Å². The average molecular weight is 248 g/mol. The van der Waals surface area contributed by atoms with Gasteiger partial charge in [-0.1, -0.05) is 32.0 Å². The highest BCUT2D eigenvalue weighted by atomic mass is 15.2. The summed E-state index contributed by atoms with van der Waals surface area (Å²) >= 11 is 0. The molecule has 18 heavy (non-hydrogen) atoms. The zero-order chi connectivity index (χ0) is 13.4. The van der Waals surface area contributed by atoms with Crippen molar-refractivity contribution < 1.29 is 0 Å². The minimum absolute atomic E-state index is 0.588. The third-order valence-electron chi connectivity index (χ3n) is 3.45. The van der Waals surface area contributed by atoms with E-state index in [1.807, 2.05) is 0 Å². The maximum atomic E-state index is 3.63. The maximum absolute atomic E-state index is 3.63. The molecule has 0 heterocycles. The van der Waals surface area contributed by atoms with Gasteiger partial charge in [0.2, 0.25) is 0 Å². The Balaban J connectivity index is 2.68. The number of nitrogens with one attached hydrogen (secondary N) is 1. The molecule has 1 rings (SSSR count). The van der Waals surface area contributed by atoms with E-state index in [0.717, 1.165) is 19.6 Å². The second kappa shape index (κ2) is 8.15. The van der Waals surface area contributed by atoms with Gasteiger partial charge in [-0.05, 0) is 44.9 Å². The van der Waals surface area contributed by atoms with Crippen LogP contribution in [-0.4, -0.2) is 25.7 Å². The number of para-hydroxylation sites is 1. The summed E-state index contributed by atoms with van der Waals surface area (Å²) in [6, 6.07) is 9.25. The maximum Gasteiger partial charge on any atom is 0.0396 e. The number of anilines is 1. The number of likely N-dealkylation sites (N-methyl/N-ethyl adjacent to an activating group) is 1. The van der Waals surface area contributed by atoms with Crippen molar-refractivity contribution in [3.63, 3.8) is 0 Å². The normalized spacial score (nSPS) is 12.4. The van der Waals surface area contributed by atoms with E-state index in [0.29, 0.717) is 6.04 Å². The van der Waals surface area contributed by atoms with Crippen molar-refractivity contribution in [2.45, 2.75) is 46.6 Å². The average Bonchev–Trinajstić information content (AvgIpc) is 2.40. The second-order valence-corrected chi connectivity index (χ2v) is 4.88. The molecule has 0 fully saturated rings. The lowest BCUT2D eigenvalue weighted by atomic mass is 10.1. The minimum Gasteiger partial charge on any atom is -0.370 e. The lowest BCUT2D eigenvalue weighted by Crippen LogP contribution is -2.41. The molecule has 1 N–H and O–H groups in total. The van der Waals surface area contributed by atoms with Gasteiger partial charge in [-0.3, -0.25) is 0 Å². The fourth-order valence-electron chi connectivity index (χ4n) is 2.27. The van der Waals surface area contributed by atoms with Gasteiger partial charge in [-0.2, -0.15) is 0 Å². The SMILES string of the molecule is CCCNC(CC)CN(CC)c1ccccc1C. The highest BCUT2D eigenvalue weighted by Gasteiger charge is 2.12. The van der Waals surface area contributed by atoms with Gasteiger partial charge in [0.05, 0.1) is 0 Å². The van der Waals surface area contributed by atoms with Crippen LogP contribution in [0.4, 0.5) is 5.69 Å². The van der Waals surface area contributed by atoms with E-state index >= 15 is 0 Å². The third kappa shape index (κ3) is 4.34. The van der Waals surface area contributed by atoms with Crippen LogP contribution in [0.3, 0.4) is 0 Å². The standard InChI is InChI=1S/C16H28N2/c1-5-12-17-15(6-2)13-18(7-3)16-11-9-8-10-14(16)4/h8-11,15,17H,5-7,12-13H2,1-4H3. The van der Waals surface area contributed by atoms with Crippen molar-refractivity contribution in [1.82, 2.24) is 5.32 Å². The summed E-state index contributed by atoms with van der Waals surface area (Å²) in [7, 11) is 0. The molecule has 0 bridgehead atoms. The molecule has 2 heteroatoms. The van der Waals surface area contributed by atoms with Gasteiger partial charge in [-0.15, -0.1) is 0 Å². The summed E-state index contributed by atoms with van der Waals surface area (Å²) in [5, 5.41) is 3.63. The first-order valence-corrected chi connectivity index (χ1v) is 7.26. The van der Waals surface area contributed by atoms with E-state index in [1.165, 1.54) is 24.1 Å². The molecule has 1 aromatic rings. The molecule has 0 aliphatic rings. The summed E-state index contributed by atoms with van der Waals surface area (Å²) in [4.78, 5) is 2.48. The molecule has 0 saturated carbocycles. The molecule has 0 radical (unpaired) electrons. The van der Waals surface area contributed by atoms with Crippen LogP contribution in [0.15, 0.2) is 24.3 Å². The van der Waals surface area contributed by atoms with Crippen LogP contribution in [0.25, 0.3) is 0 Å². The zero-order valence-electron chi connectivity index (χ0n) is 12.4. The Bertz CT molecular complexity index is 336. The van der Waals surface area contributed by atoms with Crippen LogP contribution < -0.4 is 10.2 Å². The molecule has 0 aromatic heterocycles. The van der Waals surface area contributed by atoms with Crippen molar-refractivity contribution in [1.29, 1.82) is 0 Å². The number of benzene rings is 1. The number of aryl methyl sites for hydroxylation is 1. The second-order valence-electron chi connectivity index (χ2n) is 4.88. The first kappa shape index (κ1) is 15.0. The van der Waals surface area contributed by atoms with Crippen molar-refractivity contribution in [2.75, 3.05) is 24.5 Å². The van der Waals surface area contributed by atoms with Crippen molar-refractivity contribution in [2.24, 2.45) is 0 Å². The molecule has 0 amide bonds. The molecule has 0 aliphatic heterocycles. The van der Waals surface area contributed by atoms with Gasteiger partial charge in [-0.25, -0.2) is 0 Å². The fraction of sp³-hybridized carbons (Fsp3) is 0.625. The Morgan fingerprint density at radius 3 is 2.44 bits per heavy atom. The molecule has 1 aromatic carbocycles. The summed E-state index contributed by atoms with van der Waals surface area (Å²) in [6.07, 6.45) is 2.38. The first-order chi connectivity index (χ1) is 8.72. The fourth-order valence-corrected chi connectivity index (χ4v) is 2.27. The number of hydrogen-bond donors (Lipinski definition) is 1. The Morgan fingerprint density at radius 2 is 1.89 bits per heavy atom. The van der Waals surface area contributed by atoms with Gasteiger partial charge in [0.15, 0.2) is 0 Å². The van der Waals surface area contributed by atoms with E-state index in [-0.39, 0.29) is 0 Å². The highest BCUT2D eigenvalue weighted by molar-refractivity contribution is 5.52. The van der Waals surface area contributed by atoms with E-state index in [1.54, 1.807) is 0 Å². The van der Waals surface area contributed by atoms with Gasteiger partial charge in [0, 0.05) is 24.8 Å². The Hall–Kier alpha value is -1.02. The molecule has 0 saturated heterocycles. The lowest BCUT2D eigenvalue weighted by Gasteiger charge is -2.29. The van der Waals surface area contributed by atoms with Crippen LogP contribution in [-0.2, 0) is 0 Å². The predicted molar refractivity (Wildman–Crippen MR) is 81.4 cm³/mol. The quantitative estimate of drug-likeness (QED) is 0.756. The lowest BCUT2D eigenvalue weighted by molar-refractivity contribution is 0.491.